The monoisotopic (exact) mass is 340 g/mol. The lowest BCUT2D eigenvalue weighted by Crippen LogP contribution is -2.53. The molecule has 0 radical (unpaired) electrons. The number of hydrogen-bond acceptors (Lipinski definition) is 4. The topological polar surface area (TPSA) is 81.3 Å². The maximum atomic E-state index is 14.2. The number of amides is 1. The van der Waals surface area contributed by atoms with Gasteiger partial charge >= 0.3 is 0 Å². The van der Waals surface area contributed by atoms with E-state index in [1.54, 1.807) is 35.5 Å². The zero-order valence-corrected chi connectivity index (χ0v) is 13.6. The number of fused-ring (bicyclic) bond motifs is 1. The summed E-state index contributed by atoms with van der Waals surface area (Å²) in [5.41, 5.74) is 2.64. The molecule has 1 aromatic carbocycles. The molecule has 1 amide bonds. The van der Waals surface area contributed by atoms with E-state index in [4.69, 9.17) is 0 Å². The van der Waals surface area contributed by atoms with Gasteiger partial charge in [-0.05, 0) is 30.7 Å². The lowest BCUT2D eigenvalue weighted by Gasteiger charge is -2.35. The third-order valence-electron chi connectivity index (χ3n) is 4.35. The van der Waals surface area contributed by atoms with Gasteiger partial charge in [-0.2, -0.15) is 0 Å². The number of nitrogens with one attached hydrogen (secondary N) is 2. The molecule has 3 aromatic rings. The third-order valence-corrected chi connectivity index (χ3v) is 4.35. The number of H-pyrrole nitrogens is 1. The Hall–Kier alpha value is -2.93. The van der Waals surface area contributed by atoms with Crippen molar-refractivity contribution in [2.45, 2.75) is 13.0 Å². The average molecular weight is 340 g/mol. The van der Waals surface area contributed by atoms with Crippen molar-refractivity contribution in [2.75, 3.05) is 18.4 Å². The van der Waals surface area contributed by atoms with E-state index in [1.807, 2.05) is 6.92 Å². The standard InChI is InChI=1S/C18H17FN4O2/c1-10-2-3-15(13(19)6-10)22-16-12-7-20-5-4-14(12)21-17(16)18(25)23-8-11(24)9-23/h2-7,11,21-22,24H,8-9H2,1H3. The summed E-state index contributed by atoms with van der Waals surface area (Å²) in [6.45, 7) is 2.40. The Labute approximate surface area is 143 Å². The summed E-state index contributed by atoms with van der Waals surface area (Å²) in [5.74, 6) is -0.632. The van der Waals surface area contributed by atoms with Crippen molar-refractivity contribution >= 4 is 28.2 Å². The molecule has 0 atom stereocenters. The summed E-state index contributed by atoms with van der Waals surface area (Å²) in [4.78, 5) is 21.4. The average Bonchev–Trinajstić information content (AvgIpc) is 2.92. The number of carbonyl (C=O) groups excluding carboxylic acids is 1. The molecule has 7 heteroatoms. The maximum Gasteiger partial charge on any atom is 0.272 e. The van der Waals surface area contributed by atoms with Crippen LogP contribution in [0.4, 0.5) is 15.8 Å². The normalized spacial score (nSPS) is 14.6. The highest BCUT2D eigenvalue weighted by Crippen LogP contribution is 2.32. The van der Waals surface area contributed by atoms with Crippen LogP contribution in [0, 0.1) is 12.7 Å². The lowest BCUT2D eigenvalue weighted by molar-refractivity contribution is 0.00563. The van der Waals surface area contributed by atoms with Gasteiger partial charge in [0.05, 0.1) is 23.0 Å². The summed E-state index contributed by atoms with van der Waals surface area (Å²) in [6.07, 6.45) is 2.76. The summed E-state index contributed by atoms with van der Waals surface area (Å²) in [7, 11) is 0. The minimum atomic E-state index is -0.485. The zero-order chi connectivity index (χ0) is 17.6. The van der Waals surface area contributed by atoms with E-state index in [2.05, 4.69) is 15.3 Å². The molecule has 0 unspecified atom stereocenters. The van der Waals surface area contributed by atoms with Crippen molar-refractivity contribution in [3.63, 3.8) is 0 Å². The van der Waals surface area contributed by atoms with Crippen LogP contribution in [0.3, 0.4) is 0 Å². The summed E-state index contributed by atoms with van der Waals surface area (Å²) in [5, 5.41) is 13.2. The van der Waals surface area contributed by atoms with E-state index in [1.165, 1.54) is 6.07 Å². The fourth-order valence-corrected chi connectivity index (χ4v) is 2.96. The van der Waals surface area contributed by atoms with Gasteiger partial charge in [0.25, 0.3) is 5.91 Å². The first-order valence-corrected chi connectivity index (χ1v) is 7.99. The first kappa shape index (κ1) is 15.6. The van der Waals surface area contributed by atoms with E-state index < -0.39 is 11.9 Å². The number of β-amino-alcohol motifs (C(OH)–C–C–N with tert-alkyl or cyclic N) is 1. The van der Waals surface area contributed by atoms with E-state index in [0.29, 0.717) is 29.9 Å². The number of carbonyl (C=O) groups is 1. The van der Waals surface area contributed by atoms with Gasteiger partial charge < -0.3 is 20.3 Å². The van der Waals surface area contributed by atoms with Gasteiger partial charge in [-0.25, -0.2) is 4.39 Å². The molecular weight excluding hydrogens is 323 g/mol. The number of halogens is 1. The van der Waals surface area contributed by atoms with Gasteiger partial charge in [0.15, 0.2) is 0 Å². The minimum absolute atomic E-state index is 0.239. The van der Waals surface area contributed by atoms with Crippen molar-refractivity contribution < 1.29 is 14.3 Å². The summed E-state index contributed by atoms with van der Waals surface area (Å²) < 4.78 is 14.2. The number of nitrogens with zero attached hydrogens (tertiary/aromatic N) is 2. The Kier molecular flexibility index (Phi) is 3.65. The van der Waals surface area contributed by atoms with E-state index in [-0.39, 0.29) is 11.6 Å². The van der Waals surface area contributed by atoms with E-state index in [0.717, 1.165) is 11.1 Å². The van der Waals surface area contributed by atoms with Crippen LogP contribution in [-0.4, -0.2) is 45.1 Å². The molecule has 3 heterocycles. The molecule has 2 aromatic heterocycles. The predicted molar refractivity (Wildman–Crippen MR) is 92.4 cm³/mol. The van der Waals surface area contributed by atoms with Gasteiger partial charge in [-0.3, -0.25) is 9.78 Å². The molecule has 3 N–H and O–H groups in total. The molecular formula is C18H17FN4O2. The second-order valence-corrected chi connectivity index (χ2v) is 6.27. The second-order valence-electron chi connectivity index (χ2n) is 6.27. The number of likely N-dealkylation sites (tertiary alicyclic amines) is 1. The predicted octanol–water partition coefficient (Wildman–Crippen LogP) is 2.57. The summed E-state index contributed by atoms with van der Waals surface area (Å²) in [6, 6.07) is 6.63. The largest absolute Gasteiger partial charge is 0.389 e. The SMILES string of the molecule is Cc1ccc(Nc2c(C(=O)N3CC(O)C3)[nH]c3ccncc23)c(F)c1. The van der Waals surface area contributed by atoms with Crippen LogP contribution in [0.2, 0.25) is 0 Å². The number of aliphatic hydroxyl groups excluding tert-OH is 1. The number of hydrogen-bond donors (Lipinski definition) is 3. The van der Waals surface area contributed by atoms with Crippen LogP contribution in [-0.2, 0) is 0 Å². The molecule has 1 saturated heterocycles. The smallest absolute Gasteiger partial charge is 0.272 e. The molecule has 0 aliphatic carbocycles. The molecule has 0 spiro atoms. The fraction of sp³-hybridized carbons (Fsp3) is 0.222. The molecule has 128 valence electrons. The minimum Gasteiger partial charge on any atom is -0.389 e. The first-order chi connectivity index (χ1) is 12.0. The van der Waals surface area contributed by atoms with Crippen molar-refractivity contribution in [3.8, 4) is 0 Å². The van der Waals surface area contributed by atoms with E-state index >= 15 is 0 Å². The molecule has 1 aliphatic rings. The number of pyridine rings is 1. The lowest BCUT2D eigenvalue weighted by atomic mass is 10.1. The fourth-order valence-electron chi connectivity index (χ4n) is 2.96. The van der Waals surface area contributed by atoms with Gasteiger partial charge in [0.2, 0.25) is 0 Å². The molecule has 0 saturated carbocycles. The Bertz CT molecular complexity index is 963. The highest BCUT2D eigenvalue weighted by atomic mass is 19.1. The number of aromatic amines is 1. The third kappa shape index (κ3) is 2.72. The molecule has 25 heavy (non-hydrogen) atoms. The van der Waals surface area contributed by atoms with Crippen molar-refractivity contribution in [2.24, 2.45) is 0 Å². The number of rotatable bonds is 3. The van der Waals surface area contributed by atoms with Crippen LogP contribution in [0.15, 0.2) is 36.7 Å². The number of aromatic nitrogens is 2. The zero-order valence-electron chi connectivity index (χ0n) is 13.6. The molecule has 4 rings (SSSR count). The molecule has 1 fully saturated rings. The number of aliphatic hydroxyl groups is 1. The van der Waals surface area contributed by atoms with E-state index in [9.17, 15) is 14.3 Å². The maximum absolute atomic E-state index is 14.2. The van der Waals surface area contributed by atoms with Gasteiger partial charge in [-0.15, -0.1) is 0 Å². The van der Waals surface area contributed by atoms with Gasteiger partial charge in [0.1, 0.15) is 11.5 Å². The molecule has 0 bridgehead atoms. The number of aryl methyl sites for hydroxylation is 1. The van der Waals surface area contributed by atoms with Crippen LogP contribution in [0.1, 0.15) is 16.1 Å². The number of benzene rings is 1. The quantitative estimate of drug-likeness (QED) is 0.684. The first-order valence-electron chi connectivity index (χ1n) is 7.99. The van der Waals surface area contributed by atoms with Crippen molar-refractivity contribution in [1.29, 1.82) is 0 Å². The highest BCUT2D eigenvalue weighted by molar-refractivity contribution is 6.09. The Morgan fingerprint density at radius 2 is 2.20 bits per heavy atom. The Morgan fingerprint density at radius 3 is 2.92 bits per heavy atom. The highest BCUT2D eigenvalue weighted by Gasteiger charge is 2.32. The molecule has 1 aliphatic heterocycles. The molecule has 6 nitrogen and oxygen atoms in total. The van der Waals surface area contributed by atoms with Gasteiger partial charge in [-0.1, -0.05) is 6.07 Å². The van der Waals surface area contributed by atoms with Crippen molar-refractivity contribution in [3.05, 3.63) is 53.7 Å². The van der Waals surface area contributed by atoms with Crippen LogP contribution < -0.4 is 5.32 Å². The van der Waals surface area contributed by atoms with Crippen molar-refractivity contribution in [1.82, 2.24) is 14.9 Å². The Balaban J connectivity index is 1.78. The second kappa shape index (κ2) is 5.86. The van der Waals surface area contributed by atoms with Crippen LogP contribution >= 0.6 is 0 Å². The summed E-state index contributed by atoms with van der Waals surface area (Å²) >= 11 is 0. The number of anilines is 2. The van der Waals surface area contributed by atoms with Crippen LogP contribution in [0.25, 0.3) is 10.9 Å². The van der Waals surface area contributed by atoms with Gasteiger partial charge in [0, 0.05) is 30.9 Å². The van der Waals surface area contributed by atoms with Crippen LogP contribution in [0.5, 0.6) is 0 Å². The Morgan fingerprint density at radius 1 is 1.40 bits per heavy atom.